The highest BCUT2D eigenvalue weighted by molar-refractivity contribution is 5.06. The maximum Gasteiger partial charge on any atom is 0.0666 e. The third kappa shape index (κ3) is 2.90. The van der Waals surface area contributed by atoms with E-state index in [1.165, 1.54) is 5.69 Å². The Morgan fingerprint density at radius 3 is 3.07 bits per heavy atom. The lowest BCUT2D eigenvalue weighted by molar-refractivity contribution is 0.576. The van der Waals surface area contributed by atoms with Gasteiger partial charge in [0.2, 0.25) is 0 Å². The number of aryl methyl sites for hydroxylation is 1. The van der Waals surface area contributed by atoms with Gasteiger partial charge >= 0.3 is 0 Å². The van der Waals surface area contributed by atoms with Crippen LogP contribution in [-0.2, 0) is 13.1 Å². The number of nitrogens with zero attached hydrogens (tertiary/aromatic N) is 2. The van der Waals surface area contributed by atoms with E-state index in [4.69, 9.17) is 5.26 Å². The SMILES string of the molecule is CCn1cccc1CNCC(C)C#N. The summed E-state index contributed by atoms with van der Waals surface area (Å²) in [5.74, 6) is 0.0834. The van der Waals surface area contributed by atoms with Crippen LogP contribution in [-0.4, -0.2) is 11.1 Å². The summed E-state index contributed by atoms with van der Waals surface area (Å²) < 4.78 is 2.20. The molecule has 1 atom stereocenters. The maximum absolute atomic E-state index is 8.60. The molecule has 0 radical (unpaired) electrons. The maximum atomic E-state index is 8.60. The minimum absolute atomic E-state index is 0.0834. The molecule has 0 amide bonds. The number of hydrogen-bond donors (Lipinski definition) is 1. The first-order valence-electron chi connectivity index (χ1n) is 5.02. The van der Waals surface area contributed by atoms with Crippen molar-refractivity contribution in [2.75, 3.05) is 6.54 Å². The Morgan fingerprint density at radius 1 is 1.64 bits per heavy atom. The molecule has 1 aromatic heterocycles. The van der Waals surface area contributed by atoms with Crippen molar-refractivity contribution in [1.29, 1.82) is 5.26 Å². The fraction of sp³-hybridized carbons (Fsp3) is 0.545. The second kappa shape index (κ2) is 5.46. The zero-order valence-corrected chi connectivity index (χ0v) is 8.83. The molecule has 3 nitrogen and oxygen atoms in total. The zero-order chi connectivity index (χ0) is 10.4. The average Bonchev–Trinajstić information content (AvgIpc) is 2.65. The lowest BCUT2D eigenvalue weighted by Crippen LogP contribution is -2.21. The van der Waals surface area contributed by atoms with Gasteiger partial charge in [-0.15, -0.1) is 0 Å². The van der Waals surface area contributed by atoms with Crippen molar-refractivity contribution in [1.82, 2.24) is 9.88 Å². The van der Waals surface area contributed by atoms with E-state index < -0.39 is 0 Å². The summed E-state index contributed by atoms with van der Waals surface area (Å²) in [6, 6.07) is 6.36. The van der Waals surface area contributed by atoms with Gasteiger partial charge in [-0.2, -0.15) is 5.26 Å². The molecule has 1 heterocycles. The van der Waals surface area contributed by atoms with E-state index in [0.717, 1.165) is 19.6 Å². The first kappa shape index (κ1) is 10.8. The third-order valence-corrected chi connectivity index (χ3v) is 2.24. The van der Waals surface area contributed by atoms with Crippen molar-refractivity contribution in [3.63, 3.8) is 0 Å². The minimum Gasteiger partial charge on any atom is -0.351 e. The highest BCUT2D eigenvalue weighted by Crippen LogP contribution is 2.01. The summed E-state index contributed by atoms with van der Waals surface area (Å²) in [5, 5.41) is 11.9. The lowest BCUT2D eigenvalue weighted by atomic mass is 10.2. The van der Waals surface area contributed by atoms with Gasteiger partial charge in [0.1, 0.15) is 0 Å². The minimum atomic E-state index is 0.0834. The summed E-state index contributed by atoms with van der Waals surface area (Å²) in [4.78, 5) is 0. The molecule has 1 rings (SSSR count). The van der Waals surface area contributed by atoms with E-state index in [1.54, 1.807) is 0 Å². The Labute approximate surface area is 85.3 Å². The second-order valence-corrected chi connectivity index (χ2v) is 3.45. The number of nitrogens with one attached hydrogen (secondary N) is 1. The summed E-state index contributed by atoms with van der Waals surface area (Å²) in [6.45, 7) is 6.64. The molecule has 14 heavy (non-hydrogen) atoms. The molecule has 0 saturated heterocycles. The molecule has 3 heteroatoms. The van der Waals surface area contributed by atoms with E-state index in [9.17, 15) is 0 Å². The highest BCUT2D eigenvalue weighted by Gasteiger charge is 2.00. The van der Waals surface area contributed by atoms with Crippen LogP contribution in [0.4, 0.5) is 0 Å². The number of nitriles is 1. The average molecular weight is 191 g/mol. The first-order chi connectivity index (χ1) is 6.77. The van der Waals surface area contributed by atoms with Crippen LogP contribution in [0.1, 0.15) is 19.5 Å². The first-order valence-corrected chi connectivity index (χ1v) is 5.02. The fourth-order valence-electron chi connectivity index (χ4n) is 1.38. The largest absolute Gasteiger partial charge is 0.351 e. The normalized spacial score (nSPS) is 12.4. The van der Waals surface area contributed by atoms with Gasteiger partial charge < -0.3 is 9.88 Å². The number of rotatable bonds is 5. The predicted molar refractivity (Wildman–Crippen MR) is 56.6 cm³/mol. The van der Waals surface area contributed by atoms with E-state index >= 15 is 0 Å². The van der Waals surface area contributed by atoms with Gasteiger partial charge in [0.25, 0.3) is 0 Å². The van der Waals surface area contributed by atoms with Gasteiger partial charge in [-0.25, -0.2) is 0 Å². The zero-order valence-electron chi connectivity index (χ0n) is 8.83. The molecule has 1 aromatic rings. The third-order valence-electron chi connectivity index (χ3n) is 2.24. The monoisotopic (exact) mass is 191 g/mol. The van der Waals surface area contributed by atoms with E-state index in [-0.39, 0.29) is 5.92 Å². The molecular formula is C11H17N3. The molecule has 1 N–H and O–H groups in total. The number of hydrogen-bond acceptors (Lipinski definition) is 2. The van der Waals surface area contributed by atoms with Gasteiger partial charge in [-0.05, 0) is 26.0 Å². The molecule has 0 bridgehead atoms. The Morgan fingerprint density at radius 2 is 2.43 bits per heavy atom. The Kier molecular flexibility index (Phi) is 4.21. The van der Waals surface area contributed by atoms with Gasteiger partial charge in [0, 0.05) is 31.5 Å². The Bertz CT molecular complexity index is 309. The van der Waals surface area contributed by atoms with Crippen molar-refractivity contribution in [3.8, 4) is 6.07 Å². The van der Waals surface area contributed by atoms with Crippen LogP contribution >= 0.6 is 0 Å². The number of aromatic nitrogens is 1. The quantitative estimate of drug-likeness (QED) is 0.770. The van der Waals surface area contributed by atoms with Gasteiger partial charge in [-0.3, -0.25) is 0 Å². The van der Waals surface area contributed by atoms with Crippen LogP contribution in [0, 0.1) is 17.2 Å². The molecule has 0 aliphatic heterocycles. The topological polar surface area (TPSA) is 40.8 Å². The van der Waals surface area contributed by atoms with Crippen LogP contribution < -0.4 is 5.32 Å². The molecule has 0 spiro atoms. The smallest absolute Gasteiger partial charge is 0.0666 e. The summed E-state index contributed by atoms with van der Waals surface area (Å²) in [5.41, 5.74) is 1.28. The Hall–Kier alpha value is -1.27. The van der Waals surface area contributed by atoms with E-state index in [1.807, 2.05) is 13.0 Å². The highest BCUT2D eigenvalue weighted by atomic mass is 15.0. The van der Waals surface area contributed by atoms with Crippen molar-refractivity contribution in [3.05, 3.63) is 24.0 Å². The summed E-state index contributed by atoms with van der Waals surface area (Å²) in [6.07, 6.45) is 2.07. The molecule has 1 unspecified atom stereocenters. The predicted octanol–water partition coefficient (Wildman–Crippen LogP) is 1.76. The van der Waals surface area contributed by atoms with Gasteiger partial charge in [0.05, 0.1) is 12.0 Å². The molecule has 76 valence electrons. The van der Waals surface area contributed by atoms with Crippen molar-refractivity contribution >= 4 is 0 Å². The Balaban J connectivity index is 2.35. The van der Waals surface area contributed by atoms with Crippen LogP contribution in [0.15, 0.2) is 18.3 Å². The molecular weight excluding hydrogens is 174 g/mol. The summed E-state index contributed by atoms with van der Waals surface area (Å²) >= 11 is 0. The van der Waals surface area contributed by atoms with Crippen LogP contribution in [0.25, 0.3) is 0 Å². The molecule has 0 saturated carbocycles. The van der Waals surface area contributed by atoms with Gasteiger partial charge in [-0.1, -0.05) is 0 Å². The summed E-state index contributed by atoms with van der Waals surface area (Å²) in [7, 11) is 0. The lowest BCUT2D eigenvalue weighted by Gasteiger charge is -2.08. The molecule has 0 aromatic carbocycles. The standard InChI is InChI=1S/C11H17N3/c1-3-14-6-4-5-11(14)9-13-8-10(2)7-12/h4-6,10,13H,3,8-9H2,1-2H3. The molecule has 0 aliphatic rings. The van der Waals surface area contributed by atoms with E-state index in [0.29, 0.717) is 0 Å². The second-order valence-electron chi connectivity index (χ2n) is 3.45. The van der Waals surface area contributed by atoms with Crippen LogP contribution in [0.5, 0.6) is 0 Å². The van der Waals surface area contributed by atoms with Crippen LogP contribution in [0.3, 0.4) is 0 Å². The van der Waals surface area contributed by atoms with E-state index in [2.05, 4.69) is 35.1 Å². The van der Waals surface area contributed by atoms with Gasteiger partial charge in [0.15, 0.2) is 0 Å². The van der Waals surface area contributed by atoms with Crippen molar-refractivity contribution < 1.29 is 0 Å². The van der Waals surface area contributed by atoms with Crippen molar-refractivity contribution in [2.24, 2.45) is 5.92 Å². The molecule has 0 aliphatic carbocycles. The fourth-order valence-corrected chi connectivity index (χ4v) is 1.38. The van der Waals surface area contributed by atoms with Crippen LogP contribution in [0.2, 0.25) is 0 Å². The molecule has 0 fully saturated rings. The van der Waals surface area contributed by atoms with Crippen molar-refractivity contribution in [2.45, 2.75) is 26.9 Å².